The Kier molecular flexibility index (Phi) is 3.39. The first-order chi connectivity index (χ1) is 6.36. The van der Waals surface area contributed by atoms with Gasteiger partial charge in [-0.15, -0.1) is 0 Å². The summed E-state index contributed by atoms with van der Waals surface area (Å²) in [6.07, 6.45) is 6.40. The second kappa shape index (κ2) is 4.56. The van der Waals surface area contributed by atoms with Crippen LogP contribution in [0.2, 0.25) is 0 Å². The minimum absolute atomic E-state index is 0.525. The van der Waals surface area contributed by atoms with Crippen molar-refractivity contribution in [2.24, 2.45) is 5.92 Å². The highest BCUT2D eigenvalue weighted by Crippen LogP contribution is 2.23. The predicted molar refractivity (Wildman–Crippen MR) is 56.2 cm³/mol. The molecule has 0 aromatic heterocycles. The van der Waals surface area contributed by atoms with Crippen molar-refractivity contribution in [3.05, 3.63) is 0 Å². The van der Waals surface area contributed by atoms with Gasteiger partial charge in [0, 0.05) is 34.9 Å². The van der Waals surface area contributed by atoms with Crippen LogP contribution in [0.15, 0.2) is 0 Å². The van der Waals surface area contributed by atoms with Crippen LogP contribution in [-0.4, -0.2) is 28.3 Å². The highest BCUT2D eigenvalue weighted by molar-refractivity contribution is 7.85. The van der Waals surface area contributed by atoms with Crippen LogP contribution in [0.25, 0.3) is 0 Å². The predicted octanol–water partition coefficient (Wildman–Crippen LogP) is 1.29. The summed E-state index contributed by atoms with van der Waals surface area (Å²) in [7, 11) is -0.525. The molecule has 2 aliphatic rings. The maximum atomic E-state index is 11.9. The largest absolute Gasteiger partial charge is 0.316 e. The molecule has 0 spiro atoms. The molecule has 3 heteroatoms. The lowest BCUT2D eigenvalue weighted by Crippen LogP contribution is -2.45. The van der Waals surface area contributed by atoms with Gasteiger partial charge in [-0.3, -0.25) is 4.21 Å². The first-order valence-corrected chi connectivity index (χ1v) is 6.82. The van der Waals surface area contributed by atoms with Crippen LogP contribution in [0.5, 0.6) is 0 Å². The number of nitrogens with one attached hydrogen (secondary N) is 1. The van der Waals surface area contributed by atoms with E-state index in [-0.39, 0.29) is 0 Å². The van der Waals surface area contributed by atoms with Gasteiger partial charge in [0.2, 0.25) is 0 Å². The average molecular weight is 201 g/mol. The summed E-state index contributed by atoms with van der Waals surface area (Å²) in [6.45, 7) is 2.19. The van der Waals surface area contributed by atoms with Gasteiger partial charge in [0.25, 0.3) is 0 Å². The van der Waals surface area contributed by atoms with Crippen molar-refractivity contribution in [1.82, 2.24) is 5.32 Å². The monoisotopic (exact) mass is 201 g/mol. The lowest BCUT2D eigenvalue weighted by molar-refractivity contribution is 0.380. The second-order valence-corrected chi connectivity index (χ2v) is 6.09. The quantitative estimate of drug-likeness (QED) is 0.745. The minimum atomic E-state index is -0.525. The third-order valence-corrected chi connectivity index (χ3v) is 5.20. The smallest absolute Gasteiger partial charge is 0.0348 e. The summed E-state index contributed by atoms with van der Waals surface area (Å²) in [6, 6.07) is 0. The first kappa shape index (κ1) is 9.66. The zero-order valence-corrected chi connectivity index (χ0v) is 8.94. The molecule has 13 heavy (non-hydrogen) atoms. The number of rotatable bonds is 3. The summed E-state index contributed by atoms with van der Waals surface area (Å²) in [5.74, 6) is 1.67. The molecule has 2 nitrogen and oxygen atoms in total. The number of hydrogen-bond acceptors (Lipinski definition) is 2. The summed E-state index contributed by atoms with van der Waals surface area (Å²) >= 11 is 0. The third-order valence-electron chi connectivity index (χ3n) is 3.19. The van der Waals surface area contributed by atoms with Crippen molar-refractivity contribution in [2.45, 2.75) is 37.4 Å². The lowest BCUT2D eigenvalue weighted by Gasteiger charge is -2.29. The Morgan fingerprint density at radius 3 is 2.38 bits per heavy atom. The fraction of sp³-hybridized carbons (Fsp3) is 1.00. The maximum absolute atomic E-state index is 11.9. The van der Waals surface area contributed by atoms with Gasteiger partial charge in [0.05, 0.1) is 0 Å². The van der Waals surface area contributed by atoms with Crippen molar-refractivity contribution in [1.29, 1.82) is 0 Å². The molecule has 1 atom stereocenters. The van der Waals surface area contributed by atoms with Gasteiger partial charge in [-0.25, -0.2) is 0 Å². The van der Waals surface area contributed by atoms with Crippen LogP contribution < -0.4 is 5.32 Å². The van der Waals surface area contributed by atoms with Gasteiger partial charge in [0.1, 0.15) is 0 Å². The third kappa shape index (κ3) is 2.53. The molecule has 0 aromatic carbocycles. The molecule has 1 saturated carbocycles. The second-order valence-electron chi connectivity index (χ2n) is 4.33. The molecular formula is C10H19NOS. The molecular weight excluding hydrogens is 182 g/mol. The van der Waals surface area contributed by atoms with Crippen molar-refractivity contribution in [3.8, 4) is 0 Å². The standard InChI is InChI=1S/C10H19NOS/c12-13(8-9-6-11-7-9)10-4-2-1-3-5-10/h9-11H,1-8H2. The molecule has 1 unspecified atom stereocenters. The van der Waals surface area contributed by atoms with E-state index in [9.17, 15) is 4.21 Å². The molecule has 1 aliphatic heterocycles. The maximum Gasteiger partial charge on any atom is 0.0348 e. The lowest BCUT2D eigenvalue weighted by atomic mass is 10.0. The molecule has 0 radical (unpaired) electrons. The Balaban J connectivity index is 1.74. The SMILES string of the molecule is O=S(CC1CNC1)C1CCCCC1. The van der Waals surface area contributed by atoms with Gasteiger partial charge < -0.3 is 5.32 Å². The molecule has 1 heterocycles. The van der Waals surface area contributed by atoms with E-state index >= 15 is 0 Å². The molecule has 1 aliphatic carbocycles. The van der Waals surface area contributed by atoms with Gasteiger partial charge in [-0.05, 0) is 18.8 Å². The highest BCUT2D eigenvalue weighted by Gasteiger charge is 2.25. The van der Waals surface area contributed by atoms with Crippen molar-refractivity contribution in [2.75, 3.05) is 18.8 Å². The molecule has 2 fully saturated rings. The van der Waals surface area contributed by atoms with Gasteiger partial charge in [0.15, 0.2) is 0 Å². The van der Waals surface area contributed by atoms with Crippen LogP contribution >= 0.6 is 0 Å². The molecule has 2 rings (SSSR count). The van der Waals surface area contributed by atoms with E-state index in [1.54, 1.807) is 0 Å². The Hall–Kier alpha value is 0.110. The summed E-state index contributed by atoms with van der Waals surface area (Å²) < 4.78 is 11.9. The van der Waals surface area contributed by atoms with Crippen molar-refractivity contribution in [3.63, 3.8) is 0 Å². The van der Waals surface area contributed by atoms with E-state index in [1.165, 1.54) is 32.1 Å². The van der Waals surface area contributed by atoms with E-state index in [1.807, 2.05) is 0 Å². The van der Waals surface area contributed by atoms with Crippen LogP contribution in [0.4, 0.5) is 0 Å². The van der Waals surface area contributed by atoms with Crippen LogP contribution in [0.3, 0.4) is 0 Å². The van der Waals surface area contributed by atoms with Crippen molar-refractivity contribution < 1.29 is 4.21 Å². The summed E-state index contributed by atoms with van der Waals surface area (Å²) in [4.78, 5) is 0. The molecule has 1 N–H and O–H groups in total. The minimum Gasteiger partial charge on any atom is -0.316 e. The van der Waals surface area contributed by atoms with Crippen molar-refractivity contribution >= 4 is 10.8 Å². The zero-order chi connectivity index (χ0) is 9.10. The van der Waals surface area contributed by atoms with E-state index in [0.717, 1.165) is 18.8 Å². The molecule has 0 aromatic rings. The fourth-order valence-corrected chi connectivity index (χ4v) is 3.99. The zero-order valence-electron chi connectivity index (χ0n) is 8.13. The summed E-state index contributed by atoms with van der Waals surface area (Å²) in [5, 5.41) is 3.77. The molecule has 1 saturated heterocycles. The van der Waals surface area contributed by atoms with E-state index in [0.29, 0.717) is 11.2 Å². The average Bonchev–Trinajstić information content (AvgIpc) is 2.12. The van der Waals surface area contributed by atoms with E-state index in [4.69, 9.17) is 0 Å². The Morgan fingerprint density at radius 1 is 1.15 bits per heavy atom. The number of hydrogen-bond donors (Lipinski definition) is 1. The Labute approximate surface area is 82.9 Å². The Bertz CT molecular complexity index is 185. The van der Waals surface area contributed by atoms with Gasteiger partial charge >= 0.3 is 0 Å². The van der Waals surface area contributed by atoms with Crippen LogP contribution in [0, 0.1) is 5.92 Å². The van der Waals surface area contributed by atoms with Gasteiger partial charge in [-0.2, -0.15) is 0 Å². The Morgan fingerprint density at radius 2 is 1.85 bits per heavy atom. The topological polar surface area (TPSA) is 29.1 Å². The highest BCUT2D eigenvalue weighted by atomic mass is 32.2. The van der Waals surface area contributed by atoms with Gasteiger partial charge in [-0.1, -0.05) is 19.3 Å². The van der Waals surface area contributed by atoms with Crippen LogP contribution in [0.1, 0.15) is 32.1 Å². The summed E-state index contributed by atoms with van der Waals surface area (Å²) in [5.41, 5.74) is 0. The normalized spacial score (nSPS) is 28.3. The van der Waals surface area contributed by atoms with E-state index in [2.05, 4.69) is 5.32 Å². The van der Waals surface area contributed by atoms with E-state index < -0.39 is 10.8 Å². The molecule has 0 bridgehead atoms. The van der Waals surface area contributed by atoms with Crippen LogP contribution in [-0.2, 0) is 10.8 Å². The fourth-order valence-electron chi connectivity index (χ4n) is 2.16. The first-order valence-electron chi connectivity index (χ1n) is 5.44. The molecule has 0 amide bonds. The molecule has 76 valence electrons.